The van der Waals surface area contributed by atoms with Crippen LogP contribution in [-0.2, 0) is 19.1 Å². The lowest BCUT2D eigenvalue weighted by Crippen LogP contribution is -2.32. The number of carbonyl (C=O) groups is 4. The van der Waals surface area contributed by atoms with E-state index in [2.05, 4.69) is 5.32 Å². The number of rotatable bonds is 8. The third-order valence-corrected chi connectivity index (χ3v) is 6.37. The van der Waals surface area contributed by atoms with Gasteiger partial charge in [-0.15, -0.1) is 0 Å². The summed E-state index contributed by atoms with van der Waals surface area (Å²) in [6.07, 6.45) is -0.272. The summed E-state index contributed by atoms with van der Waals surface area (Å²) in [4.78, 5) is 53.0. The van der Waals surface area contributed by atoms with Crippen molar-refractivity contribution in [3.63, 3.8) is 0 Å². The highest BCUT2D eigenvalue weighted by Crippen LogP contribution is 2.38. The van der Waals surface area contributed by atoms with Gasteiger partial charge in [-0.05, 0) is 74.5 Å². The Morgan fingerprint density at radius 1 is 0.811 bits per heavy atom. The smallest absolute Gasteiger partial charge is 0.338 e. The van der Waals surface area contributed by atoms with Crippen molar-refractivity contribution in [3.8, 4) is 0 Å². The maximum absolute atomic E-state index is 13.5. The molecular formula is C28H24N2O6S. The molecule has 8 nitrogen and oxygen atoms in total. The number of amides is 2. The second-order valence-corrected chi connectivity index (χ2v) is 9.34. The van der Waals surface area contributed by atoms with E-state index in [9.17, 15) is 19.2 Å². The Kier molecular flexibility index (Phi) is 7.74. The highest BCUT2D eigenvalue weighted by atomic mass is 32.2. The average Bonchev–Trinajstić information content (AvgIpc) is 3.12. The molecule has 0 unspecified atom stereocenters. The van der Waals surface area contributed by atoms with Crippen molar-refractivity contribution < 1.29 is 28.7 Å². The van der Waals surface area contributed by atoms with Crippen LogP contribution in [0.4, 0.5) is 11.4 Å². The average molecular weight is 517 g/mol. The van der Waals surface area contributed by atoms with Gasteiger partial charge in [0.05, 0.1) is 30.0 Å². The fourth-order valence-corrected chi connectivity index (χ4v) is 4.48. The molecule has 0 spiro atoms. The van der Waals surface area contributed by atoms with Crippen LogP contribution in [-0.4, -0.2) is 37.0 Å². The molecule has 0 saturated heterocycles. The van der Waals surface area contributed by atoms with E-state index in [-0.39, 0.29) is 16.7 Å². The van der Waals surface area contributed by atoms with Gasteiger partial charge < -0.3 is 14.8 Å². The largest absolute Gasteiger partial charge is 0.465 e. The molecule has 0 atom stereocenters. The third-order valence-electron chi connectivity index (χ3n) is 5.28. The van der Waals surface area contributed by atoms with E-state index < -0.39 is 23.8 Å². The highest BCUT2D eigenvalue weighted by molar-refractivity contribution is 8.04. The predicted molar refractivity (Wildman–Crippen MR) is 140 cm³/mol. The maximum atomic E-state index is 13.5. The summed E-state index contributed by atoms with van der Waals surface area (Å²) in [7, 11) is 1.30. The van der Waals surface area contributed by atoms with Crippen LogP contribution < -0.4 is 10.2 Å². The van der Waals surface area contributed by atoms with Crippen molar-refractivity contribution in [2.45, 2.75) is 24.8 Å². The minimum Gasteiger partial charge on any atom is -0.465 e. The van der Waals surface area contributed by atoms with Gasteiger partial charge in [0.25, 0.3) is 11.8 Å². The highest BCUT2D eigenvalue weighted by Gasteiger charge is 2.40. The molecule has 188 valence electrons. The van der Waals surface area contributed by atoms with Gasteiger partial charge in [-0.25, -0.2) is 14.5 Å². The predicted octanol–water partition coefficient (Wildman–Crippen LogP) is 5.03. The number of esters is 2. The van der Waals surface area contributed by atoms with Crippen molar-refractivity contribution in [1.29, 1.82) is 0 Å². The van der Waals surface area contributed by atoms with Gasteiger partial charge >= 0.3 is 11.9 Å². The molecule has 0 radical (unpaired) electrons. The lowest BCUT2D eigenvalue weighted by Gasteiger charge is -2.16. The Hall–Kier alpha value is -4.37. The van der Waals surface area contributed by atoms with Gasteiger partial charge in [0.1, 0.15) is 10.6 Å². The van der Waals surface area contributed by atoms with Crippen LogP contribution in [0.5, 0.6) is 0 Å². The van der Waals surface area contributed by atoms with Crippen LogP contribution in [0.15, 0.2) is 94.4 Å². The van der Waals surface area contributed by atoms with Gasteiger partial charge in [0.15, 0.2) is 0 Å². The zero-order valence-electron chi connectivity index (χ0n) is 20.4. The summed E-state index contributed by atoms with van der Waals surface area (Å²) < 4.78 is 9.93. The van der Waals surface area contributed by atoms with Crippen molar-refractivity contribution in [2.75, 3.05) is 17.3 Å². The second-order valence-electron chi connectivity index (χ2n) is 8.26. The fraction of sp³-hybridized carbons (Fsp3) is 0.143. The molecule has 0 fully saturated rings. The Labute approximate surface area is 218 Å². The van der Waals surface area contributed by atoms with Gasteiger partial charge in [0, 0.05) is 10.6 Å². The summed E-state index contributed by atoms with van der Waals surface area (Å²) in [5.74, 6) is -2.01. The minimum absolute atomic E-state index is 0.105. The van der Waals surface area contributed by atoms with E-state index in [0.717, 1.165) is 9.80 Å². The Morgan fingerprint density at radius 3 is 2.00 bits per heavy atom. The Morgan fingerprint density at radius 2 is 1.41 bits per heavy atom. The molecule has 4 rings (SSSR count). The molecule has 1 aliphatic rings. The number of thioether (sulfide) groups is 1. The fourth-order valence-electron chi connectivity index (χ4n) is 3.54. The van der Waals surface area contributed by atoms with E-state index >= 15 is 0 Å². The number of imide groups is 1. The number of anilines is 2. The van der Waals surface area contributed by atoms with Gasteiger partial charge in [-0.3, -0.25) is 9.59 Å². The van der Waals surface area contributed by atoms with E-state index in [0.29, 0.717) is 22.5 Å². The normalized spacial score (nSPS) is 13.2. The first-order valence-corrected chi connectivity index (χ1v) is 12.2. The van der Waals surface area contributed by atoms with E-state index in [1.54, 1.807) is 38.1 Å². The number of hydrogen-bond acceptors (Lipinski definition) is 8. The summed E-state index contributed by atoms with van der Waals surface area (Å²) in [6.45, 7) is 3.51. The molecule has 0 bridgehead atoms. The molecule has 0 saturated carbocycles. The number of ether oxygens (including phenoxy) is 2. The van der Waals surface area contributed by atoms with Gasteiger partial charge in [-0.2, -0.15) is 0 Å². The van der Waals surface area contributed by atoms with Crippen LogP contribution in [0.25, 0.3) is 0 Å². The quantitative estimate of drug-likeness (QED) is 0.329. The van der Waals surface area contributed by atoms with Crippen molar-refractivity contribution in [2.24, 2.45) is 0 Å². The summed E-state index contributed by atoms with van der Waals surface area (Å²) >= 11 is 1.17. The molecule has 3 aromatic rings. The zero-order valence-corrected chi connectivity index (χ0v) is 21.2. The zero-order chi connectivity index (χ0) is 26.5. The maximum Gasteiger partial charge on any atom is 0.338 e. The van der Waals surface area contributed by atoms with Crippen LogP contribution in [0.2, 0.25) is 0 Å². The van der Waals surface area contributed by atoms with Gasteiger partial charge in [-0.1, -0.05) is 30.0 Å². The molecule has 0 aromatic heterocycles. The van der Waals surface area contributed by atoms with Crippen LogP contribution in [0.1, 0.15) is 34.6 Å². The first-order chi connectivity index (χ1) is 17.8. The Bertz CT molecular complexity index is 1370. The van der Waals surface area contributed by atoms with Crippen LogP contribution in [0, 0.1) is 0 Å². The summed E-state index contributed by atoms with van der Waals surface area (Å²) in [5.41, 5.74) is 1.61. The first-order valence-electron chi connectivity index (χ1n) is 11.4. The van der Waals surface area contributed by atoms with Crippen molar-refractivity contribution >= 4 is 46.9 Å². The molecule has 1 heterocycles. The van der Waals surface area contributed by atoms with Crippen molar-refractivity contribution in [3.05, 3.63) is 101 Å². The van der Waals surface area contributed by atoms with Crippen LogP contribution >= 0.6 is 11.8 Å². The number of nitrogens with one attached hydrogen (secondary N) is 1. The minimum atomic E-state index is -0.544. The topological polar surface area (TPSA) is 102 Å². The lowest BCUT2D eigenvalue weighted by atomic mass is 10.2. The monoisotopic (exact) mass is 516 g/mol. The van der Waals surface area contributed by atoms with E-state index in [1.807, 2.05) is 30.3 Å². The molecule has 3 aromatic carbocycles. The van der Waals surface area contributed by atoms with Crippen LogP contribution in [0.3, 0.4) is 0 Å². The number of hydrogen-bond donors (Lipinski definition) is 1. The molecule has 0 aliphatic carbocycles. The molecule has 1 aliphatic heterocycles. The summed E-state index contributed by atoms with van der Waals surface area (Å²) in [5, 5.41) is 3.05. The van der Waals surface area contributed by atoms with Gasteiger partial charge in [0.2, 0.25) is 0 Å². The second kappa shape index (κ2) is 11.1. The summed E-state index contributed by atoms with van der Waals surface area (Å²) in [6, 6.07) is 21.7. The molecule has 2 amide bonds. The number of nitrogens with zero attached hydrogens (tertiary/aromatic N) is 1. The number of benzene rings is 3. The third kappa shape index (κ3) is 5.73. The van der Waals surface area contributed by atoms with E-state index in [4.69, 9.17) is 9.47 Å². The molecule has 37 heavy (non-hydrogen) atoms. The molecule has 9 heteroatoms. The number of carbonyl (C=O) groups excluding carboxylic acids is 4. The standard InChI is InChI=1S/C28H24N2O6S/c1-17(2)36-28(34)19-11-15-21(16-12-19)30-25(31)23(24(26(30)32)37-22-7-5-4-6-8-22)29-20-13-9-18(10-14-20)27(33)35-3/h4-17,29H,1-3H3. The first kappa shape index (κ1) is 25.7. The number of methoxy groups -OCH3 is 1. The molecular weight excluding hydrogens is 492 g/mol. The SMILES string of the molecule is COC(=O)c1ccc(NC2=C(Sc3ccccc3)C(=O)N(c3ccc(C(=O)OC(C)C)cc3)C2=O)cc1. The lowest BCUT2D eigenvalue weighted by molar-refractivity contribution is -0.120. The Balaban J connectivity index is 1.65. The van der Waals surface area contributed by atoms with Crippen molar-refractivity contribution in [1.82, 2.24) is 0 Å². The molecule has 1 N–H and O–H groups in total. The van der Waals surface area contributed by atoms with E-state index in [1.165, 1.54) is 43.1 Å².